The number of carbonyl (C=O) groups is 1. The second-order valence-electron chi connectivity index (χ2n) is 4.60. The minimum atomic E-state index is 0.218. The first-order valence-corrected chi connectivity index (χ1v) is 6.17. The Morgan fingerprint density at radius 2 is 2.00 bits per heavy atom. The van der Waals surface area contributed by atoms with Crippen LogP contribution in [0.1, 0.15) is 33.1 Å². The van der Waals surface area contributed by atoms with Gasteiger partial charge in [0.15, 0.2) is 0 Å². The first kappa shape index (κ1) is 13.5. The van der Waals surface area contributed by atoms with Gasteiger partial charge in [0.2, 0.25) is 5.91 Å². The van der Waals surface area contributed by atoms with Gasteiger partial charge in [-0.15, -0.1) is 0 Å². The fourth-order valence-electron chi connectivity index (χ4n) is 2.37. The van der Waals surface area contributed by atoms with Gasteiger partial charge in [0, 0.05) is 25.7 Å². The summed E-state index contributed by atoms with van der Waals surface area (Å²) in [4.78, 5) is 14.0. The van der Waals surface area contributed by atoms with E-state index in [0.717, 1.165) is 19.4 Å². The van der Waals surface area contributed by atoms with Gasteiger partial charge in [0.05, 0.1) is 13.2 Å². The minimum absolute atomic E-state index is 0.218. The van der Waals surface area contributed by atoms with Crippen LogP contribution in [-0.4, -0.2) is 49.7 Å². The van der Waals surface area contributed by atoms with Crippen molar-refractivity contribution in [2.75, 3.05) is 26.8 Å². The van der Waals surface area contributed by atoms with E-state index in [1.54, 1.807) is 7.11 Å². The lowest BCUT2D eigenvalue weighted by molar-refractivity contribution is -0.136. The molecule has 0 aromatic rings. The third-order valence-electron chi connectivity index (χ3n) is 3.24. The van der Waals surface area contributed by atoms with Crippen LogP contribution in [0.4, 0.5) is 0 Å². The van der Waals surface area contributed by atoms with Crippen molar-refractivity contribution in [3.05, 3.63) is 0 Å². The molecule has 4 nitrogen and oxygen atoms in total. The standard InChI is InChI=1S/C12H24N2O2/c1-10-5-4-6-11(2)14(10)12(15)9-13-7-8-16-3/h10-11,13H,4-9H2,1-3H3. The number of amides is 1. The Kier molecular flexibility index (Phi) is 5.77. The SMILES string of the molecule is COCCNCC(=O)N1C(C)CCCC1C. The van der Waals surface area contributed by atoms with Gasteiger partial charge in [-0.25, -0.2) is 0 Å². The minimum Gasteiger partial charge on any atom is -0.383 e. The van der Waals surface area contributed by atoms with Crippen LogP contribution in [0, 0.1) is 0 Å². The number of carbonyl (C=O) groups excluding carboxylic acids is 1. The summed E-state index contributed by atoms with van der Waals surface area (Å²) in [6.45, 7) is 6.10. The van der Waals surface area contributed by atoms with Gasteiger partial charge in [0.1, 0.15) is 0 Å². The highest BCUT2D eigenvalue weighted by Crippen LogP contribution is 2.22. The predicted molar refractivity (Wildman–Crippen MR) is 64.4 cm³/mol. The maximum Gasteiger partial charge on any atom is 0.237 e. The molecule has 0 aliphatic carbocycles. The van der Waals surface area contributed by atoms with Crippen molar-refractivity contribution in [3.8, 4) is 0 Å². The Morgan fingerprint density at radius 3 is 2.56 bits per heavy atom. The molecule has 2 atom stereocenters. The highest BCUT2D eigenvalue weighted by atomic mass is 16.5. The Morgan fingerprint density at radius 1 is 1.38 bits per heavy atom. The van der Waals surface area contributed by atoms with E-state index < -0.39 is 0 Å². The van der Waals surface area contributed by atoms with Crippen molar-refractivity contribution in [2.45, 2.75) is 45.2 Å². The van der Waals surface area contributed by atoms with Crippen molar-refractivity contribution in [1.29, 1.82) is 0 Å². The smallest absolute Gasteiger partial charge is 0.237 e. The molecule has 4 heteroatoms. The highest BCUT2D eigenvalue weighted by Gasteiger charge is 2.28. The monoisotopic (exact) mass is 228 g/mol. The van der Waals surface area contributed by atoms with Crippen LogP contribution in [0.2, 0.25) is 0 Å². The molecule has 1 heterocycles. The zero-order valence-electron chi connectivity index (χ0n) is 10.7. The lowest BCUT2D eigenvalue weighted by Gasteiger charge is -2.39. The van der Waals surface area contributed by atoms with Gasteiger partial charge < -0.3 is 15.0 Å². The first-order chi connectivity index (χ1) is 7.66. The van der Waals surface area contributed by atoms with E-state index in [1.165, 1.54) is 6.42 Å². The van der Waals surface area contributed by atoms with Crippen molar-refractivity contribution in [3.63, 3.8) is 0 Å². The van der Waals surface area contributed by atoms with Gasteiger partial charge in [-0.05, 0) is 33.1 Å². The molecular weight excluding hydrogens is 204 g/mol. The average Bonchev–Trinajstić information content (AvgIpc) is 2.24. The second-order valence-corrected chi connectivity index (χ2v) is 4.60. The Bertz CT molecular complexity index is 211. The van der Waals surface area contributed by atoms with E-state index >= 15 is 0 Å². The summed E-state index contributed by atoms with van der Waals surface area (Å²) < 4.78 is 4.92. The van der Waals surface area contributed by atoms with E-state index in [4.69, 9.17) is 4.74 Å². The molecule has 0 saturated carbocycles. The van der Waals surface area contributed by atoms with E-state index in [2.05, 4.69) is 19.2 Å². The molecular formula is C12H24N2O2. The zero-order valence-corrected chi connectivity index (χ0v) is 10.7. The van der Waals surface area contributed by atoms with Crippen LogP contribution in [0.25, 0.3) is 0 Å². The molecule has 0 spiro atoms. The molecule has 1 aliphatic heterocycles. The van der Waals surface area contributed by atoms with Gasteiger partial charge in [0.25, 0.3) is 0 Å². The summed E-state index contributed by atoms with van der Waals surface area (Å²) >= 11 is 0. The number of hydrogen-bond donors (Lipinski definition) is 1. The lowest BCUT2D eigenvalue weighted by atomic mass is 9.97. The van der Waals surface area contributed by atoms with Crippen molar-refractivity contribution < 1.29 is 9.53 Å². The molecule has 0 aromatic heterocycles. The Balaban J connectivity index is 2.33. The molecule has 1 aliphatic rings. The Hall–Kier alpha value is -0.610. The van der Waals surface area contributed by atoms with Crippen LogP contribution >= 0.6 is 0 Å². The summed E-state index contributed by atoms with van der Waals surface area (Å²) in [5.41, 5.74) is 0. The van der Waals surface area contributed by atoms with Crippen LogP contribution < -0.4 is 5.32 Å². The van der Waals surface area contributed by atoms with E-state index in [9.17, 15) is 4.79 Å². The van der Waals surface area contributed by atoms with Crippen molar-refractivity contribution in [1.82, 2.24) is 10.2 Å². The van der Waals surface area contributed by atoms with Crippen LogP contribution in [0.15, 0.2) is 0 Å². The molecule has 0 aromatic carbocycles. The Labute approximate surface area is 98.3 Å². The fraction of sp³-hybridized carbons (Fsp3) is 0.917. The van der Waals surface area contributed by atoms with E-state index in [1.807, 2.05) is 4.90 Å². The maximum atomic E-state index is 12.0. The van der Waals surface area contributed by atoms with Crippen LogP contribution in [0.5, 0.6) is 0 Å². The lowest BCUT2D eigenvalue weighted by Crippen LogP contribution is -2.50. The summed E-state index contributed by atoms with van der Waals surface area (Å²) in [7, 11) is 1.66. The molecule has 1 saturated heterocycles. The summed E-state index contributed by atoms with van der Waals surface area (Å²) in [5.74, 6) is 0.218. The zero-order chi connectivity index (χ0) is 12.0. The van der Waals surface area contributed by atoms with Crippen LogP contribution in [0.3, 0.4) is 0 Å². The molecule has 1 N–H and O–H groups in total. The fourth-order valence-corrected chi connectivity index (χ4v) is 2.37. The third-order valence-corrected chi connectivity index (χ3v) is 3.24. The number of ether oxygens (including phenoxy) is 1. The number of hydrogen-bond acceptors (Lipinski definition) is 3. The van der Waals surface area contributed by atoms with Gasteiger partial charge in [-0.3, -0.25) is 4.79 Å². The number of nitrogens with one attached hydrogen (secondary N) is 1. The topological polar surface area (TPSA) is 41.6 Å². The predicted octanol–water partition coefficient (Wildman–Crippen LogP) is 1.01. The highest BCUT2D eigenvalue weighted by molar-refractivity contribution is 5.79. The van der Waals surface area contributed by atoms with Gasteiger partial charge >= 0.3 is 0 Å². The van der Waals surface area contributed by atoms with Crippen LogP contribution in [-0.2, 0) is 9.53 Å². The molecule has 1 amide bonds. The third kappa shape index (κ3) is 3.76. The summed E-state index contributed by atoms with van der Waals surface area (Å²) in [6.07, 6.45) is 3.51. The number of likely N-dealkylation sites (tertiary alicyclic amines) is 1. The molecule has 0 bridgehead atoms. The normalized spacial score (nSPS) is 25.8. The van der Waals surface area contributed by atoms with Gasteiger partial charge in [-0.2, -0.15) is 0 Å². The number of piperidine rings is 1. The van der Waals surface area contributed by atoms with Crippen molar-refractivity contribution >= 4 is 5.91 Å². The molecule has 1 fully saturated rings. The summed E-state index contributed by atoms with van der Waals surface area (Å²) in [6, 6.07) is 0.779. The second kappa shape index (κ2) is 6.86. The van der Waals surface area contributed by atoms with Gasteiger partial charge in [-0.1, -0.05) is 0 Å². The van der Waals surface area contributed by atoms with E-state index in [0.29, 0.717) is 25.2 Å². The largest absolute Gasteiger partial charge is 0.383 e. The number of methoxy groups -OCH3 is 1. The molecule has 0 radical (unpaired) electrons. The summed E-state index contributed by atoms with van der Waals surface area (Å²) in [5, 5.41) is 3.11. The maximum absolute atomic E-state index is 12.0. The number of nitrogens with zero attached hydrogens (tertiary/aromatic N) is 1. The van der Waals surface area contributed by atoms with E-state index in [-0.39, 0.29) is 5.91 Å². The quantitative estimate of drug-likeness (QED) is 0.714. The first-order valence-electron chi connectivity index (χ1n) is 6.17. The van der Waals surface area contributed by atoms with Crippen molar-refractivity contribution in [2.24, 2.45) is 0 Å². The number of rotatable bonds is 5. The average molecular weight is 228 g/mol. The molecule has 1 rings (SSSR count). The molecule has 94 valence electrons. The molecule has 2 unspecified atom stereocenters. The molecule has 16 heavy (non-hydrogen) atoms.